The molecule has 0 saturated heterocycles. The Morgan fingerprint density at radius 3 is 2.24 bits per heavy atom. The van der Waals surface area contributed by atoms with Gasteiger partial charge in [0.2, 0.25) is 0 Å². The largest absolute Gasteiger partial charge is 0.469 e. The number of anilines is 1. The summed E-state index contributed by atoms with van der Waals surface area (Å²) in [7, 11) is -1.14. The highest BCUT2D eigenvalue weighted by molar-refractivity contribution is 6.74. The Morgan fingerprint density at radius 2 is 1.69 bits per heavy atom. The van der Waals surface area contributed by atoms with Gasteiger partial charge in [0.15, 0.2) is 20.0 Å². The van der Waals surface area contributed by atoms with Crippen LogP contribution in [0.15, 0.2) is 36.4 Å². The van der Waals surface area contributed by atoms with Gasteiger partial charge >= 0.3 is 12.1 Å². The number of hydrogen-bond acceptors (Lipinski definition) is 6. The van der Waals surface area contributed by atoms with E-state index in [1.165, 1.54) is 24.1 Å². The number of carbonyl (C=O) groups excluding carboxylic acids is 2. The fourth-order valence-electron chi connectivity index (χ4n) is 3.84. The maximum atomic E-state index is 14.9. The number of rotatable bonds is 11. The summed E-state index contributed by atoms with van der Waals surface area (Å²) in [6.45, 7) is 18.0. The number of nitrogens with one attached hydrogen (secondary N) is 1. The first kappa shape index (κ1) is 35.5. The van der Waals surface area contributed by atoms with Crippen LogP contribution >= 0.6 is 11.6 Å². The van der Waals surface area contributed by atoms with Gasteiger partial charge in [-0.3, -0.25) is 4.79 Å². The Morgan fingerprint density at radius 1 is 1.05 bits per heavy atom. The summed E-state index contributed by atoms with van der Waals surface area (Å²) in [4.78, 5) is 26.6. The lowest BCUT2D eigenvalue weighted by molar-refractivity contribution is -0.139. The van der Waals surface area contributed by atoms with Crippen molar-refractivity contribution in [3.05, 3.63) is 64.2 Å². The van der Waals surface area contributed by atoms with E-state index in [1.807, 2.05) is 18.2 Å². The molecule has 0 aliphatic rings. The number of benzene rings is 2. The van der Waals surface area contributed by atoms with E-state index in [2.05, 4.69) is 43.9 Å². The average molecular weight is 627 g/mol. The van der Waals surface area contributed by atoms with Crippen molar-refractivity contribution in [3.8, 4) is 0 Å². The highest BCUT2D eigenvalue weighted by atomic mass is 35.5. The van der Waals surface area contributed by atoms with Crippen LogP contribution in [0.5, 0.6) is 0 Å². The van der Waals surface area contributed by atoms with E-state index in [4.69, 9.17) is 20.8 Å². The monoisotopic (exact) mass is 626 g/mol. The minimum atomic E-state index is -2.32. The number of ether oxygens (including phenoxy) is 2. The molecule has 2 atom stereocenters. The van der Waals surface area contributed by atoms with Crippen molar-refractivity contribution in [3.63, 3.8) is 0 Å². The molecule has 2 aromatic carbocycles. The fraction of sp³-hybridized carbons (Fsp3) is 0.548. The molecule has 42 heavy (non-hydrogen) atoms. The number of carbonyl (C=O) groups is 2. The summed E-state index contributed by atoms with van der Waals surface area (Å²) in [6, 6.07) is 9.51. The molecule has 234 valence electrons. The SMILES string of the molecule is COC(=O)Cc1ccc(NC[C@@H](C)N(C[C@H](O[Si](C)(C)C(C)(C)C)c2cccc(Cl)c2)C(=O)OC(C)(C)C)c(F)c1F. The molecule has 0 unspecified atom stereocenters. The van der Waals surface area contributed by atoms with Crippen LogP contribution in [0.1, 0.15) is 65.7 Å². The van der Waals surface area contributed by atoms with Crippen molar-refractivity contribution >= 4 is 37.7 Å². The van der Waals surface area contributed by atoms with E-state index < -0.39 is 49.8 Å². The van der Waals surface area contributed by atoms with E-state index in [1.54, 1.807) is 33.8 Å². The summed E-state index contributed by atoms with van der Waals surface area (Å²) in [6.07, 6.45) is -1.48. The number of halogens is 3. The van der Waals surface area contributed by atoms with Crippen LogP contribution in [-0.4, -0.2) is 57.1 Å². The Bertz CT molecular complexity index is 1250. The lowest BCUT2D eigenvalue weighted by Gasteiger charge is -2.41. The van der Waals surface area contributed by atoms with Crippen LogP contribution in [0.25, 0.3) is 0 Å². The smallest absolute Gasteiger partial charge is 0.410 e. The third-order valence-corrected chi connectivity index (χ3v) is 12.0. The zero-order valence-corrected chi connectivity index (χ0v) is 28.1. The maximum Gasteiger partial charge on any atom is 0.410 e. The van der Waals surface area contributed by atoms with E-state index in [0.29, 0.717) is 5.02 Å². The van der Waals surface area contributed by atoms with Gasteiger partial charge in [-0.1, -0.05) is 50.6 Å². The fourth-order valence-corrected chi connectivity index (χ4v) is 5.32. The van der Waals surface area contributed by atoms with Crippen LogP contribution in [0.2, 0.25) is 23.2 Å². The lowest BCUT2D eigenvalue weighted by atomic mass is 10.1. The van der Waals surface area contributed by atoms with Crippen molar-refractivity contribution in [2.24, 2.45) is 0 Å². The Kier molecular flexibility index (Phi) is 12.0. The van der Waals surface area contributed by atoms with Crippen LogP contribution in [0.3, 0.4) is 0 Å². The quantitative estimate of drug-likeness (QED) is 0.200. The van der Waals surface area contributed by atoms with Crippen LogP contribution in [0, 0.1) is 11.6 Å². The first-order valence-electron chi connectivity index (χ1n) is 14.0. The van der Waals surface area contributed by atoms with E-state index in [9.17, 15) is 18.4 Å². The lowest BCUT2D eigenvalue weighted by Crippen LogP contribution is -2.49. The van der Waals surface area contributed by atoms with E-state index in [-0.39, 0.29) is 35.8 Å². The number of amides is 1. The Hall–Kier alpha value is -2.69. The minimum Gasteiger partial charge on any atom is -0.469 e. The summed E-state index contributed by atoms with van der Waals surface area (Å²) >= 11 is 6.34. The van der Waals surface area contributed by atoms with Crippen LogP contribution in [0.4, 0.5) is 19.3 Å². The van der Waals surface area contributed by atoms with Crippen molar-refractivity contribution < 1.29 is 32.3 Å². The molecule has 0 spiro atoms. The second-order valence-corrected chi connectivity index (χ2v) is 18.1. The molecule has 0 radical (unpaired) electrons. The third kappa shape index (κ3) is 9.95. The second kappa shape index (κ2) is 14.2. The van der Waals surface area contributed by atoms with Crippen molar-refractivity contribution in [1.29, 1.82) is 0 Å². The molecular weight excluding hydrogens is 582 g/mol. The number of methoxy groups -OCH3 is 1. The molecular formula is C31H45ClF2N2O5Si. The highest BCUT2D eigenvalue weighted by Gasteiger charge is 2.41. The zero-order valence-electron chi connectivity index (χ0n) is 26.4. The predicted octanol–water partition coefficient (Wildman–Crippen LogP) is 8.13. The van der Waals surface area contributed by atoms with Gasteiger partial charge in [0, 0.05) is 23.2 Å². The van der Waals surface area contributed by atoms with E-state index >= 15 is 0 Å². The molecule has 0 aromatic heterocycles. The van der Waals surface area contributed by atoms with Crippen molar-refractivity contribution in [2.45, 2.75) is 90.8 Å². The standard InChI is InChI=1S/C31H45ClF2N2O5Si/c1-20(18-35-24-15-14-22(17-26(37)39-8)27(33)28(24)34)36(29(38)40-30(2,3)4)19-25(21-12-11-13-23(32)16-21)41-42(9,10)31(5,6)7/h11-16,20,25,35H,17-19H2,1-10H3/t20-,25+/m1/s1. The summed E-state index contributed by atoms with van der Waals surface area (Å²) < 4.78 is 46.7. The van der Waals surface area contributed by atoms with Gasteiger partial charge in [-0.15, -0.1) is 0 Å². The normalized spacial score (nSPS) is 13.7. The first-order chi connectivity index (χ1) is 19.3. The molecule has 2 rings (SSSR count). The number of hydrogen-bond donors (Lipinski definition) is 1. The molecule has 0 aliphatic carbocycles. The van der Waals surface area contributed by atoms with Gasteiger partial charge in [-0.2, -0.15) is 0 Å². The van der Waals surface area contributed by atoms with Gasteiger partial charge < -0.3 is 24.1 Å². The molecule has 1 amide bonds. The van der Waals surface area contributed by atoms with Gasteiger partial charge in [0.05, 0.1) is 31.9 Å². The van der Waals surface area contributed by atoms with E-state index in [0.717, 1.165) is 5.56 Å². The number of esters is 1. The molecule has 0 fully saturated rings. The molecule has 7 nitrogen and oxygen atoms in total. The molecule has 0 bridgehead atoms. The van der Waals surface area contributed by atoms with Crippen molar-refractivity contribution in [2.75, 3.05) is 25.5 Å². The summed E-state index contributed by atoms with van der Waals surface area (Å²) in [5.41, 5.74) is -0.157. The molecule has 0 saturated carbocycles. The number of nitrogens with zero attached hydrogens (tertiary/aromatic N) is 1. The topological polar surface area (TPSA) is 77.1 Å². The minimum absolute atomic E-state index is 0.0777. The van der Waals surface area contributed by atoms with Gasteiger partial charge in [-0.25, -0.2) is 13.6 Å². The molecule has 0 aliphatic heterocycles. The Labute approximate surface area is 255 Å². The second-order valence-electron chi connectivity index (χ2n) is 12.9. The Balaban J connectivity index is 2.40. The predicted molar refractivity (Wildman–Crippen MR) is 165 cm³/mol. The van der Waals surface area contributed by atoms with Gasteiger partial charge in [0.25, 0.3) is 0 Å². The summed E-state index contributed by atoms with van der Waals surface area (Å²) in [5, 5.41) is 3.35. The molecule has 1 N–H and O–H groups in total. The highest BCUT2D eigenvalue weighted by Crippen LogP contribution is 2.40. The molecule has 0 heterocycles. The summed E-state index contributed by atoms with van der Waals surface area (Å²) in [5.74, 6) is -2.93. The zero-order chi connectivity index (χ0) is 32.0. The maximum absolute atomic E-state index is 14.9. The molecule has 11 heteroatoms. The van der Waals surface area contributed by atoms with Crippen LogP contribution in [-0.2, 0) is 25.1 Å². The van der Waals surface area contributed by atoms with Crippen LogP contribution < -0.4 is 5.32 Å². The average Bonchev–Trinajstić information content (AvgIpc) is 2.86. The third-order valence-electron chi connectivity index (χ3n) is 7.30. The van der Waals surface area contributed by atoms with Crippen molar-refractivity contribution in [1.82, 2.24) is 4.90 Å². The molecule has 2 aromatic rings. The first-order valence-corrected chi connectivity index (χ1v) is 17.2. The van der Waals surface area contributed by atoms with Gasteiger partial charge in [0.1, 0.15) is 5.60 Å². The van der Waals surface area contributed by atoms with Gasteiger partial charge in [-0.05, 0) is 69.6 Å².